The SMILES string of the molecule is COc1cc(-c2ccc(Cl)cc2NC(=O)N=S(N)(=O)c2cnn3c2OCCC3)ccn1. The Hall–Kier alpha value is -3.15. The van der Waals surface area contributed by atoms with Crippen LogP contribution in [0.1, 0.15) is 6.42 Å². The number of urea groups is 1. The van der Waals surface area contributed by atoms with Crippen LogP contribution in [0.2, 0.25) is 5.02 Å². The molecule has 4 rings (SSSR count). The average Bonchev–Trinajstić information content (AvgIpc) is 3.19. The van der Waals surface area contributed by atoms with Gasteiger partial charge in [0.25, 0.3) is 0 Å². The molecule has 0 radical (unpaired) electrons. The zero-order chi connectivity index (χ0) is 22.0. The van der Waals surface area contributed by atoms with Gasteiger partial charge < -0.3 is 14.8 Å². The van der Waals surface area contributed by atoms with E-state index in [1.54, 1.807) is 41.2 Å². The van der Waals surface area contributed by atoms with Gasteiger partial charge in [0.15, 0.2) is 9.92 Å². The number of methoxy groups -OCH3 is 1. The summed E-state index contributed by atoms with van der Waals surface area (Å²) in [6.07, 6.45) is 3.66. The number of amides is 2. The number of nitrogens with two attached hydrogens (primary N) is 1. The van der Waals surface area contributed by atoms with E-state index in [2.05, 4.69) is 19.8 Å². The van der Waals surface area contributed by atoms with E-state index in [0.29, 0.717) is 35.3 Å². The highest BCUT2D eigenvalue weighted by Crippen LogP contribution is 2.32. The summed E-state index contributed by atoms with van der Waals surface area (Å²) in [4.78, 5) is 16.8. The van der Waals surface area contributed by atoms with E-state index >= 15 is 0 Å². The molecule has 2 aromatic heterocycles. The number of halogens is 1. The molecule has 1 unspecified atom stereocenters. The van der Waals surface area contributed by atoms with E-state index in [4.69, 9.17) is 26.2 Å². The smallest absolute Gasteiger partial charge is 0.354 e. The Bertz CT molecular complexity index is 1270. The number of benzene rings is 1. The molecule has 1 aliphatic heterocycles. The van der Waals surface area contributed by atoms with Crippen molar-refractivity contribution in [3.8, 4) is 22.9 Å². The summed E-state index contributed by atoms with van der Waals surface area (Å²) >= 11 is 6.11. The quantitative estimate of drug-likeness (QED) is 0.610. The zero-order valence-electron chi connectivity index (χ0n) is 16.4. The van der Waals surface area contributed by atoms with Crippen molar-refractivity contribution in [2.24, 2.45) is 9.50 Å². The van der Waals surface area contributed by atoms with Crippen molar-refractivity contribution in [3.05, 3.63) is 47.7 Å². The number of nitrogens with zero attached hydrogens (tertiary/aromatic N) is 4. The van der Waals surface area contributed by atoms with Crippen molar-refractivity contribution in [1.82, 2.24) is 14.8 Å². The van der Waals surface area contributed by atoms with Crippen LogP contribution in [-0.2, 0) is 16.5 Å². The molecular formula is C19H19ClN6O4S. The first-order chi connectivity index (χ1) is 14.9. The Labute approximate surface area is 183 Å². The summed E-state index contributed by atoms with van der Waals surface area (Å²) in [5.41, 5.74) is 1.73. The van der Waals surface area contributed by atoms with Gasteiger partial charge in [-0.25, -0.2) is 23.8 Å². The molecular weight excluding hydrogens is 444 g/mol. The molecule has 0 saturated carbocycles. The molecule has 1 atom stereocenters. The maximum atomic E-state index is 13.0. The minimum absolute atomic E-state index is 0.0764. The second-order valence-corrected chi connectivity index (χ2v) is 8.80. The van der Waals surface area contributed by atoms with Crippen LogP contribution in [0.15, 0.2) is 52.0 Å². The highest BCUT2D eigenvalue weighted by atomic mass is 35.5. The summed E-state index contributed by atoms with van der Waals surface area (Å²) in [5.74, 6) is 0.674. The predicted octanol–water partition coefficient (Wildman–Crippen LogP) is 3.32. The van der Waals surface area contributed by atoms with Crippen LogP contribution < -0.4 is 19.9 Å². The molecule has 0 fully saturated rings. The van der Waals surface area contributed by atoms with E-state index in [-0.39, 0.29) is 10.8 Å². The number of aryl methyl sites for hydroxylation is 1. The van der Waals surface area contributed by atoms with E-state index in [1.807, 2.05) is 0 Å². The van der Waals surface area contributed by atoms with Crippen LogP contribution in [0.3, 0.4) is 0 Å². The summed E-state index contributed by atoms with van der Waals surface area (Å²) in [5, 5.41) is 13.0. The zero-order valence-corrected chi connectivity index (χ0v) is 18.0. The van der Waals surface area contributed by atoms with Gasteiger partial charge in [-0.1, -0.05) is 17.7 Å². The van der Waals surface area contributed by atoms with Gasteiger partial charge in [0, 0.05) is 35.8 Å². The average molecular weight is 463 g/mol. The third-order valence-electron chi connectivity index (χ3n) is 4.52. The molecule has 0 aliphatic carbocycles. The summed E-state index contributed by atoms with van der Waals surface area (Å²) < 4.78 is 28.9. The second kappa shape index (κ2) is 8.53. The number of anilines is 1. The van der Waals surface area contributed by atoms with Crippen molar-refractivity contribution in [2.75, 3.05) is 19.0 Å². The van der Waals surface area contributed by atoms with Gasteiger partial charge in [-0.2, -0.15) is 5.10 Å². The standard InChI is InChI=1S/C19H19ClN6O4S/c1-29-17-9-12(5-6-22-17)14-4-3-13(20)10-15(14)24-19(27)25-31(21,28)16-11-23-26-7-2-8-30-18(16)26/h3-6,9-11H,2,7-8H2,1H3,(H3,21,24,25,27,28). The molecule has 3 N–H and O–H groups in total. The van der Waals surface area contributed by atoms with Crippen molar-refractivity contribution >= 4 is 33.2 Å². The lowest BCUT2D eigenvalue weighted by atomic mass is 10.0. The molecule has 3 heterocycles. The van der Waals surface area contributed by atoms with Gasteiger partial charge in [0.1, 0.15) is 4.90 Å². The fraction of sp³-hybridized carbons (Fsp3) is 0.211. The molecule has 3 aromatic rings. The second-order valence-electron chi connectivity index (χ2n) is 6.61. The first kappa shape index (κ1) is 21.1. The fourth-order valence-corrected chi connectivity index (χ4v) is 4.29. The van der Waals surface area contributed by atoms with E-state index in [1.165, 1.54) is 13.3 Å². The maximum absolute atomic E-state index is 13.0. The molecule has 1 aromatic carbocycles. The lowest BCUT2D eigenvalue weighted by Crippen LogP contribution is -2.20. The Kier molecular flexibility index (Phi) is 5.81. The number of fused-ring (bicyclic) bond motifs is 1. The van der Waals surface area contributed by atoms with E-state index in [9.17, 15) is 9.00 Å². The number of rotatable bonds is 4. The number of hydrogen-bond donors (Lipinski definition) is 2. The number of aromatic nitrogens is 3. The maximum Gasteiger partial charge on any atom is 0.354 e. The Morgan fingerprint density at radius 1 is 1.39 bits per heavy atom. The van der Waals surface area contributed by atoms with Gasteiger partial charge in [-0.05, 0) is 23.8 Å². The predicted molar refractivity (Wildman–Crippen MR) is 116 cm³/mol. The Morgan fingerprint density at radius 3 is 3.03 bits per heavy atom. The Balaban J connectivity index is 1.66. The molecule has 31 heavy (non-hydrogen) atoms. The monoisotopic (exact) mass is 462 g/mol. The summed E-state index contributed by atoms with van der Waals surface area (Å²) in [6.45, 7) is 1.06. The number of carbonyl (C=O) groups is 1. The minimum atomic E-state index is -3.58. The molecule has 0 spiro atoms. The lowest BCUT2D eigenvalue weighted by molar-refractivity contribution is 0.224. The molecule has 162 valence electrons. The first-order valence-corrected chi connectivity index (χ1v) is 11.2. The Morgan fingerprint density at radius 2 is 2.23 bits per heavy atom. The fourth-order valence-electron chi connectivity index (χ4n) is 3.12. The molecule has 2 amide bonds. The number of carbonyl (C=O) groups excluding carboxylic acids is 1. The van der Waals surface area contributed by atoms with Crippen molar-refractivity contribution in [1.29, 1.82) is 0 Å². The van der Waals surface area contributed by atoms with Gasteiger partial charge in [-0.3, -0.25) is 0 Å². The largest absolute Gasteiger partial charge is 0.481 e. The number of pyridine rings is 1. The molecule has 12 heteroatoms. The first-order valence-electron chi connectivity index (χ1n) is 9.22. The van der Waals surface area contributed by atoms with Crippen LogP contribution in [0.5, 0.6) is 11.8 Å². The topological polar surface area (TPSA) is 134 Å². The summed E-state index contributed by atoms with van der Waals surface area (Å²) in [7, 11) is -2.08. The molecule has 0 saturated heterocycles. The van der Waals surface area contributed by atoms with E-state index < -0.39 is 15.9 Å². The van der Waals surface area contributed by atoms with Crippen LogP contribution in [0, 0.1) is 0 Å². The molecule has 0 bridgehead atoms. The summed E-state index contributed by atoms with van der Waals surface area (Å²) in [6, 6.07) is 7.53. The van der Waals surface area contributed by atoms with Gasteiger partial charge >= 0.3 is 6.03 Å². The minimum Gasteiger partial charge on any atom is -0.481 e. The normalized spacial score (nSPS) is 14.7. The molecule has 1 aliphatic rings. The third kappa shape index (κ3) is 4.48. The van der Waals surface area contributed by atoms with E-state index in [0.717, 1.165) is 12.0 Å². The molecule has 10 nitrogen and oxygen atoms in total. The highest BCUT2D eigenvalue weighted by Gasteiger charge is 2.24. The third-order valence-corrected chi connectivity index (χ3v) is 6.11. The van der Waals surface area contributed by atoms with Crippen LogP contribution in [0.4, 0.5) is 10.5 Å². The number of nitrogens with one attached hydrogen (secondary N) is 1. The van der Waals surface area contributed by atoms with Gasteiger partial charge in [-0.15, -0.1) is 4.36 Å². The van der Waals surface area contributed by atoms with Crippen LogP contribution in [-0.4, -0.2) is 38.7 Å². The van der Waals surface area contributed by atoms with Crippen LogP contribution in [0.25, 0.3) is 11.1 Å². The van der Waals surface area contributed by atoms with Crippen LogP contribution >= 0.6 is 11.6 Å². The number of ether oxygens (including phenoxy) is 2. The van der Waals surface area contributed by atoms with Crippen molar-refractivity contribution in [2.45, 2.75) is 17.9 Å². The number of hydrogen-bond acceptors (Lipinski definition) is 6. The van der Waals surface area contributed by atoms with Crippen molar-refractivity contribution < 1.29 is 18.5 Å². The van der Waals surface area contributed by atoms with Gasteiger partial charge in [0.05, 0.1) is 25.6 Å². The van der Waals surface area contributed by atoms with Crippen molar-refractivity contribution in [3.63, 3.8) is 0 Å². The highest BCUT2D eigenvalue weighted by molar-refractivity contribution is 7.91. The lowest BCUT2D eigenvalue weighted by Gasteiger charge is -2.16. The van der Waals surface area contributed by atoms with Gasteiger partial charge in [0.2, 0.25) is 11.8 Å².